The zero-order valence-electron chi connectivity index (χ0n) is 8.90. The first-order valence-electron chi connectivity index (χ1n) is 5.20. The van der Waals surface area contributed by atoms with E-state index in [9.17, 15) is 0 Å². The molecule has 86 valence electrons. The van der Waals surface area contributed by atoms with Gasteiger partial charge in [0.2, 0.25) is 0 Å². The van der Waals surface area contributed by atoms with Gasteiger partial charge in [0.15, 0.2) is 0 Å². The molecule has 3 rings (SSSR count). The van der Waals surface area contributed by atoms with E-state index < -0.39 is 0 Å². The van der Waals surface area contributed by atoms with Crippen molar-refractivity contribution >= 4 is 34.0 Å². The molecule has 3 nitrogen and oxygen atoms in total. The molecule has 1 aromatic carbocycles. The molecule has 0 spiro atoms. The van der Waals surface area contributed by atoms with Crippen molar-refractivity contribution < 1.29 is 0 Å². The van der Waals surface area contributed by atoms with Crippen LogP contribution in [0.1, 0.15) is 5.56 Å². The standard InChI is InChI=1S/C12H10ClN3S/c13-8-4-5-17-11(8)12-15-9-3-1-2-7(6-14)10(9)16-12/h1-5H,6,14H2,(H,15,16). The Morgan fingerprint density at radius 3 is 2.94 bits per heavy atom. The molecule has 0 fully saturated rings. The van der Waals surface area contributed by atoms with Crippen LogP contribution in [0.5, 0.6) is 0 Å². The largest absolute Gasteiger partial charge is 0.337 e. The van der Waals surface area contributed by atoms with Gasteiger partial charge in [-0.3, -0.25) is 0 Å². The highest BCUT2D eigenvalue weighted by molar-refractivity contribution is 7.14. The fraction of sp³-hybridized carbons (Fsp3) is 0.0833. The van der Waals surface area contributed by atoms with E-state index in [1.807, 2.05) is 29.6 Å². The molecule has 2 aromatic heterocycles. The van der Waals surface area contributed by atoms with E-state index in [1.54, 1.807) is 11.3 Å². The fourth-order valence-electron chi connectivity index (χ4n) is 1.83. The first-order chi connectivity index (χ1) is 8.29. The maximum absolute atomic E-state index is 6.10. The van der Waals surface area contributed by atoms with E-state index in [2.05, 4.69) is 9.97 Å². The van der Waals surface area contributed by atoms with Crippen LogP contribution in [0.15, 0.2) is 29.6 Å². The normalized spacial score (nSPS) is 11.2. The number of thiophene rings is 1. The van der Waals surface area contributed by atoms with Gasteiger partial charge in [-0.05, 0) is 23.1 Å². The Morgan fingerprint density at radius 2 is 2.24 bits per heavy atom. The number of hydrogen-bond acceptors (Lipinski definition) is 3. The highest BCUT2D eigenvalue weighted by Crippen LogP contribution is 2.32. The van der Waals surface area contributed by atoms with Crippen LogP contribution in [0.2, 0.25) is 5.02 Å². The number of nitrogens with zero attached hydrogens (tertiary/aromatic N) is 1. The van der Waals surface area contributed by atoms with Crippen LogP contribution in [-0.4, -0.2) is 9.97 Å². The lowest BCUT2D eigenvalue weighted by Crippen LogP contribution is -1.96. The summed E-state index contributed by atoms with van der Waals surface area (Å²) < 4.78 is 0. The first-order valence-corrected chi connectivity index (χ1v) is 6.46. The molecule has 0 amide bonds. The summed E-state index contributed by atoms with van der Waals surface area (Å²) in [6.07, 6.45) is 0. The zero-order chi connectivity index (χ0) is 11.8. The van der Waals surface area contributed by atoms with Gasteiger partial charge in [0, 0.05) is 6.54 Å². The van der Waals surface area contributed by atoms with Gasteiger partial charge in [-0.15, -0.1) is 11.3 Å². The van der Waals surface area contributed by atoms with Gasteiger partial charge in [0.25, 0.3) is 0 Å². The van der Waals surface area contributed by atoms with Crippen LogP contribution in [0.4, 0.5) is 0 Å². The third-order valence-corrected chi connectivity index (χ3v) is 4.00. The van der Waals surface area contributed by atoms with Crippen molar-refractivity contribution in [2.45, 2.75) is 6.54 Å². The summed E-state index contributed by atoms with van der Waals surface area (Å²) in [5.41, 5.74) is 8.65. The van der Waals surface area contributed by atoms with Crippen LogP contribution < -0.4 is 5.73 Å². The van der Waals surface area contributed by atoms with Gasteiger partial charge in [-0.1, -0.05) is 23.7 Å². The van der Waals surface area contributed by atoms with Crippen LogP contribution in [-0.2, 0) is 6.54 Å². The first kappa shape index (κ1) is 10.8. The number of H-pyrrole nitrogens is 1. The topological polar surface area (TPSA) is 54.7 Å². The maximum atomic E-state index is 6.10. The molecule has 17 heavy (non-hydrogen) atoms. The van der Waals surface area contributed by atoms with Gasteiger partial charge >= 0.3 is 0 Å². The Morgan fingerprint density at radius 1 is 1.35 bits per heavy atom. The molecule has 0 bridgehead atoms. The zero-order valence-corrected chi connectivity index (χ0v) is 10.5. The Labute approximate surface area is 107 Å². The van der Waals surface area contributed by atoms with Crippen molar-refractivity contribution in [1.29, 1.82) is 0 Å². The molecule has 0 aliphatic rings. The van der Waals surface area contributed by atoms with E-state index >= 15 is 0 Å². The Kier molecular flexibility index (Phi) is 2.63. The second-order valence-electron chi connectivity index (χ2n) is 3.70. The molecular weight excluding hydrogens is 254 g/mol. The Hall–Kier alpha value is -1.36. The molecule has 0 saturated carbocycles. The molecule has 0 saturated heterocycles. The summed E-state index contributed by atoms with van der Waals surface area (Å²) >= 11 is 7.68. The highest BCUT2D eigenvalue weighted by atomic mass is 35.5. The van der Waals surface area contributed by atoms with Crippen molar-refractivity contribution in [1.82, 2.24) is 9.97 Å². The number of imidazole rings is 1. The second kappa shape index (κ2) is 4.14. The second-order valence-corrected chi connectivity index (χ2v) is 5.02. The number of rotatable bonds is 2. The number of para-hydroxylation sites is 1. The molecule has 2 heterocycles. The van der Waals surface area contributed by atoms with Crippen LogP contribution in [0, 0.1) is 0 Å². The van der Waals surface area contributed by atoms with Crippen molar-refractivity contribution in [3.63, 3.8) is 0 Å². The number of hydrogen-bond donors (Lipinski definition) is 2. The number of nitrogens with two attached hydrogens (primary N) is 1. The number of aromatic amines is 1. The summed E-state index contributed by atoms with van der Waals surface area (Å²) in [7, 11) is 0. The third-order valence-electron chi connectivity index (χ3n) is 2.65. The molecule has 3 aromatic rings. The number of nitrogens with one attached hydrogen (secondary N) is 1. The van der Waals surface area contributed by atoms with Crippen molar-refractivity contribution in [2.75, 3.05) is 0 Å². The van der Waals surface area contributed by atoms with Gasteiger partial charge in [-0.25, -0.2) is 4.98 Å². The molecule has 0 atom stereocenters. The SMILES string of the molecule is NCc1cccc2[nH]c(-c3sccc3Cl)nc12. The molecule has 0 radical (unpaired) electrons. The number of halogens is 1. The number of aromatic nitrogens is 2. The molecular formula is C12H10ClN3S. The lowest BCUT2D eigenvalue weighted by molar-refractivity contribution is 1.08. The van der Waals surface area contributed by atoms with Crippen LogP contribution in [0.3, 0.4) is 0 Å². The van der Waals surface area contributed by atoms with Crippen molar-refractivity contribution in [3.8, 4) is 10.7 Å². The van der Waals surface area contributed by atoms with E-state index in [0.717, 1.165) is 32.3 Å². The van der Waals surface area contributed by atoms with E-state index in [4.69, 9.17) is 17.3 Å². The minimum absolute atomic E-state index is 0.486. The predicted molar refractivity (Wildman–Crippen MR) is 72.3 cm³/mol. The highest BCUT2D eigenvalue weighted by Gasteiger charge is 2.11. The van der Waals surface area contributed by atoms with E-state index in [0.29, 0.717) is 6.54 Å². The molecule has 0 aliphatic heterocycles. The van der Waals surface area contributed by atoms with Gasteiger partial charge in [0.1, 0.15) is 5.82 Å². The summed E-state index contributed by atoms with van der Waals surface area (Å²) in [6.45, 7) is 0.486. The summed E-state index contributed by atoms with van der Waals surface area (Å²) in [4.78, 5) is 8.81. The monoisotopic (exact) mass is 263 g/mol. The van der Waals surface area contributed by atoms with Crippen molar-refractivity contribution in [3.05, 3.63) is 40.2 Å². The molecule has 0 aliphatic carbocycles. The number of fused-ring (bicyclic) bond motifs is 1. The Balaban J connectivity index is 2.24. The van der Waals surface area contributed by atoms with Gasteiger partial charge in [0.05, 0.1) is 20.9 Å². The average Bonchev–Trinajstić information content (AvgIpc) is 2.93. The van der Waals surface area contributed by atoms with Crippen LogP contribution in [0.25, 0.3) is 21.7 Å². The van der Waals surface area contributed by atoms with Gasteiger partial charge in [-0.2, -0.15) is 0 Å². The average molecular weight is 264 g/mol. The quantitative estimate of drug-likeness (QED) is 0.744. The molecule has 3 N–H and O–H groups in total. The van der Waals surface area contributed by atoms with E-state index in [-0.39, 0.29) is 0 Å². The molecule has 5 heteroatoms. The van der Waals surface area contributed by atoms with Crippen molar-refractivity contribution in [2.24, 2.45) is 5.73 Å². The maximum Gasteiger partial charge on any atom is 0.150 e. The third kappa shape index (κ3) is 1.74. The fourth-order valence-corrected chi connectivity index (χ4v) is 2.92. The summed E-state index contributed by atoms with van der Waals surface area (Å²) in [5, 5.41) is 2.68. The Bertz CT molecular complexity index is 671. The smallest absolute Gasteiger partial charge is 0.150 e. The van der Waals surface area contributed by atoms with Crippen LogP contribution >= 0.6 is 22.9 Å². The van der Waals surface area contributed by atoms with E-state index in [1.165, 1.54) is 0 Å². The minimum Gasteiger partial charge on any atom is -0.337 e. The van der Waals surface area contributed by atoms with Gasteiger partial charge < -0.3 is 10.7 Å². The lowest BCUT2D eigenvalue weighted by Gasteiger charge is -1.95. The summed E-state index contributed by atoms with van der Waals surface area (Å²) in [5.74, 6) is 0.806. The lowest BCUT2D eigenvalue weighted by atomic mass is 10.2. The minimum atomic E-state index is 0.486. The summed E-state index contributed by atoms with van der Waals surface area (Å²) in [6, 6.07) is 7.83. The molecule has 0 unspecified atom stereocenters. The number of benzene rings is 1. The predicted octanol–water partition coefficient (Wildman–Crippen LogP) is 3.40.